The van der Waals surface area contributed by atoms with Gasteiger partial charge in [0.05, 0.1) is 22.1 Å². The number of nitrogens with one attached hydrogen (secondary N) is 1. The highest BCUT2D eigenvalue weighted by atomic mass is 35.5. The lowest BCUT2D eigenvalue weighted by atomic mass is 10.1. The van der Waals surface area contributed by atoms with Crippen molar-refractivity contribution in [2.75, 3.05) is 0 Å². The molecule has 6 nitrogen and oxygen atoms in total. The van der Waals surface area contributed by atoms with E-state index in [-0.39, 0.29) is 5.56 Å². The van der Waals surface area contributed by atoms with Gasteiger partial charge in [-0.3, -0.25) is 9.78 Å². The van der Waals surface area contributed by atoms with Gasteiger partial charge in [-0.15, -0.1) is 0 Å². The summed E-state index contributed by atoms with van der Waals surface area (Å²) in [5, 5.41) is 0.972. The molecule has 0 unspecified atom stereocenters. The van der Waals surface area contributed by atoms with Crippen molar-refractivity contribution in [2.45, 2.75) is 0 Å². The molecule has 5 aromatic rings. The Bertz CT molecular complexity index is 1360. The number of aromatic nitrogens is 5. The van der Waals surface area contributed by atoms with Gasteiger partial charge in [-0.25, -0.2) is 14.5 Å². The topological polar surface area (TPSA) is 76.5 Å². The number of benzene rings is 1. The number of fused-ring (bicyclic) bond motifs is 1. The first kappa shape index (κ1) is 17.3. The van der Waals surface area contributed by atoms with Crippen molar-refractivity contribution in [2.24, 2.45) is 0 Å². The average Bonchev–Trinajstić information content (AvgIpc) is 3.30. The summed E-state index contributed by atoms with van der Waals surface area (Å²) in [6.45, 7) is 0. The molecule has 4 aromatic heterocycles. The number of rotatable bonds is 3. The predicted molar refractivity (Wildman–Crippen MR) is 113 cm³/mol. The summed E-state index contributed by atoms with van der Waals surface area (Å²) in [6, 6.07) is 16.9. The van der Waals surface area contributed by atoms with Crippen LogP contribution in [0.5, 0.6) is 0 Å². The van der Waals surface area contributed by atoms with Crippen LogP contribution in [0.3, 0.4) is 0 Å². The van der Waals surface area contributed by atoms with Gasteiger partial charge in [-0.1, -0.05) is 35.9 Å². The SMILES string of the molecule is O=c1c2ccncc2nc(-c2ccc(-c3ccc[nH]3)cc2)n1-c1ccc(Cl)cn1. The third kappa shape index (κ3) is 3.09. The Hall–Kier alpha value is -3.77. The normalized spacial score (nSPS) is 11.1. The van der Waals surface area contributed by atoms with Crippen LogP contribution in [-0.4, -0.2) is 24.5 Å². The number of H-pyrrole nitrogens is 1. The molecule has 0 amide bonds. The van der Waals surface area contributed by atoms with Crippen LogP contribution in [0, 0.1) is 0 Å². The number of hydrogen-bond donors (Lipinski definition) is 1. The maximum absolute atomic E-state index is 13.3. The smallest absolute Gasteiger partial charge is 0.267 e. The first-order chi connectivity index (χ1) is 14.2. The van der Waals surface area contributed by atoms with E-state index < -0.39 is 0 Å². The zero-order valence-corrected chi connectivity index (χ0v) is 15.8. The first-order valence-corrected chi connectivity index (χ1v) is 9.31. The molecule has 0 aliphatic carbocycles. The maximum Gasteiger partial charge on any atom is 0.267 e. The molecular weight excluding hydrogens is 386 g/mol. The Morgan fingerprint density at radius 2 is 1.76 bits per heavy atom. The maximum atomic E-state index is 13.3. The summed E-state index contributed by atoms with van der Waals surface area (Å²) in [6.07, 6.45) is 6.56. The Morgan fingerprint density at radius 1 is 0.931 bits per heavy atom. The van der Waals surface area contributed by atoms with Crippen LogP contribution in [0.2, 0.25) is 5.02 Å². The fraction of sp³-hybridized carbons (Fsp3) is 0. The second kappa shape index (κ2) is 7.00. The van der Waals surface area contributed by atoms with Crippen molar-refractivity contribution in [3.8, 4) is 28.5 Å². The Labute approximate surface area is 170 Å². The van der Waals surface area contributed by atoms with E-state index in [0.29, 0.717) is 27.6 Å². The van der Waals surface area contributed by atoms with E-state index in [1.807, 2.05) is 42.6 Å². The van der Waals surface area contributed by atoms with Crippen LogP contribution in [0.25, 0.3) is 39.4 Å². The van der Waals surface area contributed by atoms with Crippen LogP contribution < -0.4 is 5.56 Å². The summed E-state index contributed by atoms with van der Waals surface area (Å²) >= 11 is 5.98. The average molecular weight is 400 g/mol. The highest BCUT2D eigenvalue weighted by Gasteiger charge is 2.15. The van der Waals surface area contributed by atoms with E-state index in [2.05, 4.69) is 15.0 Å². The summed E-state index contributed by atoms with van der Waals surface area (Å²) in [5.74, 6) is 0.942. The minimum atomic E-state index is -0.212. The third-order valence-electron chi connectivity index (χ3n) is 4.66. The van der Waals surface area contributed by atoms with Crippen LogP contribution in [0.1, 0.15) is 0 Å². The van der Waals surface area contributed by atoms with E-state index >= 15 is 0 Å². The molecule has 4 heterocycles. The Kier molecular flexibility index (Phi) is 4.18. The largest absolute Gasteiger partial charge is 0.361 e. The number of aromatic amines is 1. The van der Waals surface area contributed by atoms with Crippen molar-refractivity contribution < 1.29 is 0 Å². The minimum Gasteiger partial charge on any atom is -0.361 e. The van der Waals surface area contributed by atoms with Crippen molar-refractivity contribution >= 4 is 22.5 Å². The van der Waals surface area contributed by atoms with E-state index in [0.717, 1.165) is 16.8 Å². The molecule has 0 saturated heterocycles. The number of hydrogen-bond acceptors (Lipinski definition) is 4. The molecule has 0 saturated carbocycles. The summed E-state index contributed by atoms with van der Waals surface area (Å²) in [7, 11) is 0. The third-order valence-corrected chi connectivity index (χ3v) is 4.89. The zero-order chi connectivity index (χ0) is 19.8. The fourth-order valence-electron chi connectivity index (χ4n) is 3.25. The predicted octanol–water partition coefficient (Wildman–Crippen LogP) is 4.49. The molecule has 0 spiro atoms. The Morgan fingerprint density at radius 3 is 2.48 bits per heavy atom. The van der Waals surface area contributed by atoms with E-state index in [1.165, 1.54) is 10.8 Å². The quantitative estimate of drug-likeness (QED) is 0.485. The van der Waals surface area contributed by atoms with Crippen molar-refractivity contribution in [3.63, 3.8) is 0 Å². The monoisotopic (exact) mass is 399 g/mol. The molecule has 140 valence electrons. The van der Waals surface area contributed by atoms with Gasteiger partial charge in [0.2, 0.25) is 0 Å². The van der Waals surface area contributed by atoms with Gasteiger partial charge in [0.15, 0.2) is 0 Å². The molecule has 0 atom stereocenters. The highest BCUT2D eigenvalue weighted by molar-refractivity contribution is 6.30. The lowest BCUT2D eigenvalue weighted by molar-refractivity contribution is 0.931. The van der Waals surface area contributed by atoms with Gasteiger partial charge in [0.25, 0.3) is 5.56 Å². The molecule has 29 heavy (non-hydrogen) atoms. The van der Waals surface area contributed by atoms with Gasteiger partial charge in [-0.2, -0.15) is 0 Å². The number of nitrogens with zero attached hydrogens (tertiary/aromatic N) is 4. The molecule has 1 aromatic carbocycles. The van der Waals surface area contributed by atoms with Gasteiger partial charge < -0.3 is 4.98 Å². The van der Waals surface area contributed by atoms with Gasteiger partial charge in [0, 0.05) is 29.8 Å². The molecular formula is C22H14ClN5O. The number of halogens is 1. The summed E-state index contributed by atoms with van der Waals surface area (Å²) in [4.78, 5) is 29.6. The molecule has 5 rings (SSSR count). The first-order valence-electron chi connectivity index (χ1n) is 8.93. The van der Waals surface area contributed by atoms with Gasteiger partial charge >= 0.3 is 0 Å². The highest BCUT2D eigenvalue weighted by Crippen LogP contribution is 2.25. The van der Waals surface area contributed by atoms with Crippen molar-refractivity contribution in [3.05, 3.63) is 94.8 Å². The van der Waals surface area contributed by atoms with Gasteiger partial charge in [0.1, 0.15) is 11.6 Å². The zero-order valence-electron chi connectivity index (χ0n) is 15.1. The number of pyridine rings is 2. The van der Waals surface area contributed by atoms with E-state index in [9.17, 15) is 4.79 Å². The van der Waals surface area contributed by atoms with Crippen LogP contribution in [0.4, 0.5) is 0 Å². The molecule has 0 aliphatic heterocycles. The second-order valence-corrected chi connectivity index (χ2v) is 6.90. The van der Waals surface area contributed by atoms with Crippen LogP contribution >= 0.6 is 11.6 Å². The summed E-state index contributed by atoms with van der Waals surface area (Å²) in [5.41, 5.74) is 3.17. The van der Waals surface area contributed by atoms with Crippen molar-refractivity contribution in [1.29, 1.82) is 0 Å². The molecule has 0 bridgehead atoms. The molecule has 1 N–H and O–H groups in total. The Balaban J connectivity index is 1.75. The standard InChI is InChI=1S/C22H14ClN5O/c23-16-7-8-20(26-12-16)28-21(27-19-13-24-11-9-17(19)22(28)29)15-5-3-14(4-6-15)18-2-1-10-25-18/h1-13,25H. The van der Waals surface area contributed by atoms with E-state index in [1.54, 1.807) is 30.6 Å². The minimum absolute atomic E-state index is 0.212. The van der Waals surface area contributed by atoms with Crippen LogP contribution in [-0.2, 0) is 0 Å². The van der Waals surface area contributed by atoms with Gasteiger partial charge in [-0.05, 0) is 35.9 Å². The van der Waals surface area contributed by atoms with Crippen molar-refractivity contribution in [1.82, 2.24) is 24.5 Å². The second-order valence-electron chi connectivity index (χ2n) is 6.46. The molecule has 0 aliphatic rings. The summed E-state index contributed by atoms with van der Waals surface area (Å²) < 4.78 is 1.50. The molecule has 0 fully saturated rings. The lowest BCUT2D eigenvalue weighted by Gasteiger charge is -2.13. The molecule has 7 heteroatoms. The van der Waals surface area contributed by atoms with Crippen LogP contribution in [0.15, 0.2) is 84.2 Å². The lowest BCUT2D eigenvalue weighted by Crippen LogP contribution is -2.22. The molecule has 0 radical (unpaired) electrons. The fourth-order valence-corrected chi connectivity index (χ4v) is 3.36. The van der Waals surface area contributed by atoms with E-state index in [4.69, 9.17) is 16.6 Å².